The highest BCUT2D eigenvalue weighted by molar-refractivity contribution is 5.82. The molecular weight excluding hydrogens is 396 g/mol. The second kappa shape index (κ2) is 7.82. The van der Waals surface area contributed by atoms with E-state index < -0.39 is 16.0 Å². The highest BCUT2D eigenvalue weighted by Crippen LogP contribution is 2.37. The Balaban J connectivity index is 0.00000128. The van der Waals surface area contributed by atoms with Crippen molar-refractivity contribution in [2.24, 2.45) is 5.92 Å². The van der Waals surface area contributed by atoms with Gasteiger partial charge >= 0.3 is 11.1 Å². The number of H-pyrrole nitrogens is 1. The van der Waals surface area contributed by atoms with E-state index in [-0.39, 0.29) is 28.2 Å². The molecule has 3 aliphatic rings. The number of aromatic nitrogens is 4. The van der Waals surface area contributed by atoms with Gasteiger partial charge in [-0.1, -0.05) is 0 Å². The van der Waals surface area contributed by atoms with Gasteiger partial charge in [-0.2, -0.15) is 0 Å². The van der Waals surface area contributed by atoms with Crippen molar-refractivity contribution in [3.8, 4) is 5.69 Å². The molecule has 160 valence electrons. The maximum absolute atomic E-state index is 12.8. The van der Waals surface area contributed by atoms with Crippen LogP contribution in [0.5, 0.6) is 0 Å². The maximum atomic E-state index is 12.8. The summed E-state index contributed by atoms with van der Waals surface area (Å²) in [5, 5.41) is 11.6. The smallest absolute Gasteiger partial charge is 0.317 e. The molecule has 2 bridgehead atoms. The largest absolute Gasteiger partial charge is 0.412 e. The Kier molecular flexibility index (Phi) is 5.57. The topological polar surface area (TPSA) is 182 Å². The van der Waals surface area contributed by atoms with E-state index in [1.54, 1.807) is 16.8 Å². The van der Waals surface area contributed by atoms with Gasteiger partial charge in [-0.25, -0.2) is 4.98 Å². The first-order chi connectivity index (χ1) is 13.5. The predicted octanol–water partition coefficient (Wildman–Crippen LogP) is -0.599. The number of aromatic amines is 1. The standard InChI is InChI=1S/C18H18N6O4.2H2O/c25-17-18(26)23(16-9-21-4-1-11(16)2-5-21)13-8-14(22-6-3-19-10-22)15(24(27)28)7-12(13)20-17;;/h3,6-8,10-11,16H,1-2,4-5,9H2,(H,20,25);2*1H2. The van der Waals surface area contributed by atoms with Gasteiger partial charge in [-0.05, 0) is 37.9 Å². The number of rotatable bonds is 3. The molecule has 0 radical (unpaired) electrons. The van der Waals surface area contributed by atoms with Crippen LogP contribution in [-0.4, -0.2) is 59.5 Å². The number of imidazole rings is 1. The number of fused-ring (bicyclic) bond motifs is 4. The van der Waals surface area contributed by atoms with Crippen LogP contribution in [0.4, 0.5) is 5.69 Å². The van der Waals surface area contributed by atoms with Crippen molar-refractivity contribution in [2.45, 2.75) is 18.9 Å². The van der Waals surface area contributed by atoms with Crippen molar-refractivity contribution in [2.75, 3.05) is 19.6 Å². The summed E-state index contributed by atoms with van der Waals surface area (Å²) in [7, 11) is 0. The fraction of sp³-hybridized carbons (Fsp3) is 0.389. The number of hydrogen-bond donors (Lipinski definition) is 1. The number of piperidine rings is 3. The third kappa shape index (κ3) is 3.20. The zero-order valence-corrected chi connectivity index (χ0v) is 15.9. The molecule has 0 saturated carbocycles. The fourth-order valence-electron chi connectivity index (χ4n) is 4.57. The summed E-state index contributed by atoms with van der Waals surface area (Å²) in [5.41, 5.74) is -0.448. The van der Waals surface area contributed by atoms with Crippen LogP contribution < -0.4 is 11.1 Å². The Hall–Kier alpha value is -3.35. The van der Waals surface area contributed by atoms with Gasteiger partial charge in [0.25, 0.3) is 5.69 Å². The molecule has 0 amide bonds. The molecule has 3 aromatic rings. The molecule has 5 N–H and O–H groups in total. The average molecular weight is 418 g/mol. The van der Waals surface area contributed by atoms with Crippen LogP contribution in [-0.2, 0) is 0 Å². The number of hydrogen-bond acceptors (Lipinski definition) is 6. The normalized spacial score (nSPS) is 22.3. The zero-order chi connectivity index (χ0) is 19.4. The molecule has 12 heteroatoms. The lowest BCUT2D eigenvalue weighted by Gasteiger charge is -2.45. The number of nitro groups is 1. The van der Waals surface area contributed by atoms with E-state index in [1.165, 1.54) is 23.2 Å². The first-order valence-corrected chi connectivity index (χ1v) is 9.20. The van der Waals surface area contributed by atoms with E-state index in [9.17, 15) is 19.7 Å². The Bertz CT molecular complexity index is 1190. The molecule has 3 fully saturated rings. The van der Waals surface area contributed by atoms with Crippen LogP contribution in [0.15, 0.2) is 40.4 Å². The summed E-state index contributed by atoms with van der Waals surface area (Å²) >= 11 is 0. The summed E-state index contributed by atoms with van der Waals surface area (Å²) in [5.74, 6) is 0.319. The molecule has 3 aliphatic heterocycles. The van der Waals surface area contributed by atoms with Crippen LogP contribution >= 0.6 is 0 Å². The van der Waals surface area contributed by atoms with E-state index in [4.69, 9.17) is 0 Å². The highest BCUT2D eigenvalue weighted by Gasteiger charge is 2.37. The maximum Gasteiger partial charge on any atom is 0.317 e. The van der Waals surface area contributed by atoms with Gasteiger partial charge in [0.1, 0.15) is 5.69 Å². The Morgan fingerprint density at radius 2 is 1.90 bits per heavy atom. The van der Waals surface area contributed by atoms with E-state index in [0.29, 0.717) is 23.7 Å². The first kappa shape index (κ1) is 21.4. The third-order valence-corrected chi connectivity index (χ3v) is 5.95. The molecule has 12 nitrogen and oxygen atoms in total. The van der Waals surface area contributed by atoms with E-state index in [0.717, 1.165) is 25.9 Å². The minimum atomic E-state index is -0.756. The van der Waals surface area contributed by atoms with E-state index in [1.807, 2.05) is 0 Å². The first-order valence-electron chi connectivity index (χ1n) is 9.20. The molecule has 0 spiro atoms. The lowest BCUT2D eigenvalue weighted by atomic mass is 9.83. The average Bonchev–Trinajstić information content (AvgIpc) is 3.23. The highest BCUT2D eigenvalue weighted by atomic mass is 16.6. The van der Waals surface area contributed by atoms with Gasteiger partial charge in [0.2, 0.25) is 0 Å². The molecule has 2 aromatic heterocycles. The van der Waals surface area contributed by atoms with Gasteiger partial charge in [-0.3, -0.25) is 24.3 Å². The Morgan fingerprint density at radius 3 is 2.47 bits per heavy atom. The van der Waals surface area contributed by atoms with Crippen molar-refractivity contribution >= 4 is 16.7 Å². The summed E-state index contributed by atoms with van der Waals surface area (Å²) in [6.07, 6.45) is 6.56. The Labute approximate surface area is 169 Å². The summed E-state index contributed by atoms with van der Waals surface area (Å²) in [6, 6.07) is 2.81. The molecular formula is C18H22N6O6. The third-order valence-electron chi connectivity index (χ3n) is 5.95. The summed E-state index contributed by atoms with van der Waals surface area (Å²) in [6.45, 7) is 2.71. The molecule has 5 heterocycles. The van der Waals surface area contributed by atoms with E-state index in [2.05, 4.69) is 14.9 Å². The van der Waals surface area contributed by atoms with Crippen molar-refractivity contribution in [1.29, 1.82) is 0 Å². The van der Waals surface area contributed by atoms with Crippen LogP contribution in [0.3, 0.4) is 0 Å². The predicted molar refractivity (Wildman–Crippen MR) is 108 cm³/mol. The van der Waals surface area contributed by atoms with Gasteiger partial charge in [0.15, 0.2) is 0 Å². The lowest BCUT2D eigenvalue weighted by Crippen LogP contribution is -2.52. The van der Waals surface area contributed by atoms with Crippen LogP contribution in [0.25, 0.3) is 16.7 Å². The molecule has 0 aliphatic carbocycles. The Morgan fingerprint density at radius 1 is 1.17 bits per heavy atom. The molecule has 6 rings (SSSR count). The molecule has 1 unspecified atom stereocenters. The van der Waals surface area contributed by atoms with Crippen LogP contribution in [0, 0.1) is 16.0 Å². The van der Waals surface area contributed by atoms with E-state index >= 15 is 0 Å². The van der Waals surface area contributed by atoms with Gasteiger partial charge in [0.05, 0.1) is 28.3 Å². The number of nitrogens with zero attached hydrogens (tertiary/aromatic N) is 5. The molecule has 1 atom stereocenters. The van der Waals surface area contributed by atoms with Crippen molar-refractivity contribution in [3.05, 3.63) is 61.7 Å². The lowest BCUT2D eigenvalue weighted by molar-refractivity contribution is -0.384. The van der Waals surface area contributed by atoms with Gasteiger partial charge in [-0.15, -0.1) is 0 Å². The monoisotopic (exact) mass is 418 g/mol. The van der Waals surface area contributed by atoms with Crippen LogP contribution in [0.2, 0.25) is 0 Å². The van der Waals surface area contributed by atoms with Gasteiger partial charge in [0, 0.05) is 25.0 Å². The zero-order valence-electron chi connectivity index (χ0n) is 15.9. The molecule has 1 aromatic carbocycles. The quantitative estimate of drug-likeness (QED) is 0.336. The number of nitro benzene ring substituents is 1. The van der Waals surface area contributed by atoms with Crippen molar-refractivity contribution < 1.29 is 15.9 Å². The molecule has 30 heavy (non-hydrogen) atoms. The van der Waals surface area contributed by atoms with Gasteiger partial charge < -0.3 is 25.4 Å². The second-order valence-corrected chi connectivity index (χ2v) is 7.42. The van der Waals surface area contributed by atoms with Crippen molar-refractivity contribution in [1.82, 2.24) is 24.0 Å². The molecule has 3 saturated heterocycles. The summed E-state index contributed by atoms with van der Waals surface area (Å²) in [4.78, 5) is 45.0. The van der Waals surface area contributed by atoms with Crippen LogP contribution in [0.1, 0.15) is 18.9 Å². The fourth-order valence-corrected chi connectivity index (χ4v) is 4.57. The summed E-state index contributed by atoms with van der Waals surface area (Å²) < 4.78 is 3.09. The second-order valence-electron chi connectivity index (χ2n) is 7.42. The van der Waals surface area contributed by atoms with Crippen molar-refractivity contribution in [3.63, 3.8) is 0 Å². The number of nitrogens with one attached hydrogen (secondary N) is 1. The minimum Gasteiger partial charge on any atom is -0.412 e. The minimum absolute atomic E-state index is 0. The SMILES string of the molecule is O.O.O=c1[nH]c2cc([N+](=O)[O-])c(-n3ccnc3)cc2n(C2CN3CCC2CC3)c1=O. The number of benzene rings is 1.